The van der Waals surface area contributed by atoms with Gasteiger partial charge in [0.25, 0.3) is 0 Å². The number of hydrogen-bond acceptors (Lipinski definition) is 3. The Morgan fingerprint density at radius 3 is 2.76 bits per heavy atom. The van der Waals surface area contributed by atoms with E-state index < -0.39 is 0 Å². The van der Waals surface area contributed by atoms with E-state index in [0.29, 0.717) is 5.92 Å². The number of furan rings is 1. The third-order valence-electron chi connectivity index (χ3n) is 3.79. The van der Waals surface area contributed by atoms with Crippen LogP contribution in [0.15, 0.2) is 47.1 Å². The van der Waals surface area contributed by atoms with Gasteiger partial charge in [-0.3, -0.25) is 0 Å². The van der Waals surface area contributed by atoms with Crippen molar-refractivity contribution in [2.75, 3.05) is 24.5 Å². The lowest BCUT2D eigenvalue weighted by Gasteiger charge is -2.18. The summed E-state index contributed by atoms with van der Waals surface area (Å²) in [6, 6.07) is 12.0. The minimum atomic E-state index is 0. The third kappa shape index (κ3) is 4.40. The van der Waals surface area contributed by atoms with Gasteiger partial charge in [0, 0.05) is 30.3 Å². The first kappa shape index (κ1) is 16.2. The van der Waals surface area contributed by atoms with Gasteiger partial charge >= 0.3 is 0 Å². The lowest BCUT2D eigenvalue weighted by molar-refractivity contribution is 0.454. The van der Waals surface area contributed by atoms with Crippen molar-refractivity contribution in [1.82, 2.24) is 5.32 Å². The van der Waals surface area contributed by atoms with Gasteiger partial charge in [0.2, 0.25) is 0 Å². The van der Waals surface area contributed by atoms with Crippen molar-refractivity contribution >= 4 is 29.7 Å². The van der Waals surface area contributed by atoms with E-state index in [-0.39, 0.29) is 12.4 Å². The summed E-state index contributed by atoms with van der Waals surface area (Å²) in [7, 11) is 0. The van der Waals surface area contributed by atoms with Crippen LogP contribution < -0.4 is 10.2 Å². The molecule has 1 atom stereocenters. The Morgan fingerprint density at radius 2 is 2.05 bits per heavy atom. The number of hydrogen-bond donors (Lipinski definition) is 1. The minimum absolute atomic E-state index is 0. The number of nitrogens with zero attached hydrogens (tertiary/aromatic N) is 1. The number of nitrogens with one attached hydrogen (secondary N) is 1. The van der Waals surface area contributed by atoms with Crippen molar-refractivity contribution in [3.05, 3.63) is 53.4 Å². The summed E-state index contributed by atoms with van der Waals surface area (Å²) in [6.07, 6.45) is 2.95. The second-order valence-electron chi connectivity index (χ2n) is 5.29. The molecule has 2 aromatic rings. The van der Waals surface area contributed by atoms with Gasteiger partial charge < -0.3 is 14.6 Å². The van der Waals surface area contributed by atoms with E-state index >= 15 is 0 Å². The van der Waals surface area contributed by atoms with E-state index in [4.69, 9.17) is 16.0 Å². The molecule has 1 fully saturated rings. The fourth-order valence-corrected chi connectivity index (χ4v) is 2.82. The first-order valence-corrected chi connectivity index (χ1v) is 7.42. The van der Waals surface area contributed by atoms with E-state index in [0.717, 1.165) is 37.0 Å². The summed E-state index contributed by atoms with van der Waals surface area (Å²) < 4.78 is 5.31. The zero-order chi connectivity index (χ0) is 13.8. The van der Waals surface area contributed by atoms with Gasteiger partial charge in [-0.15, -0.1) is 12.4 Å². The molecule has 1 N–H and O–H groups in total. The fraction of sp³-hybridized carbons (Fsp3) is 0.375. The Hall–Kier alpha value is -1.16. The van der Waals surface area contributed by atoms with E-state index in [1.165, 1.54) is 12.1 Å². The SMILES string of the molecule is Cl.Clc1ccc(N2CCC(CNCc3ccco3)C2)cc1. The Morgan fingerprint density at radius 1 is 1.24 bits per heavy atom. The highest BCUT2D eigenvalue weighted by Gasteiger charge is 2.22. The molecule has 0 amide bonds. The van der Waals surface area contributed by atoms with Gasteiger partial charge in [-0.05, 0) is 48.7 Å². The summed E-state index contributed by atoms with van der Waals surface area (Å²) in [6.45, 7) is 4.07. The van der Waals surface area contributed by atoms with Gasteiger partial charge in [-0.1, -0.05) is 11.6 Å². The van der Waals surface area contributed by atoms with Gasteiger partial charge in [0.15, 0.2) is 0 Å². The van der Waals surface area contributed by atoms with Crippen molar-refractivity contribution in [3.63, 3.8) is 0 Å². The van der Waals surface area contributed by atoms with Gasteiger partial charge in [-0.25, -0.2) is 0 Å². The van der Waals surface area contributed by atoms with E-state index in [2.05, 4.69) is 22.3 Å². The van der Waals surface area contributed by atoms with Crippen LogP contribution in [0.5, 0.6) is 0 Å². The Kier molecular flexibility index (Phi) is 5.97. The predicted molar refractivity (Wildman–Crippen MR) is 89.4 cm³/mol. The van der Waals surface area contributed by atoms with Crippen LogP contribution in [0, 0.1) is 5.92 Å². The predicted octanol–water partition coefficient (Wildman–Crippen LogP) is 3.97. The Labute approximate surface area is 136 Å². The molecule has 21 heavy (non-hydrogen) atoms. The molecule has 114 valence electrons. The molecular weight excluding hydrogens is 307 g/mol. The normalized spacial score (nSPS) is 17.8. The van der Waals surface area contributed by atoms with Crippen molar-refractivity contribution in [2.45, 2.75) is 13.0 Å². The zero-order valence-corrected chi connectivity index (χ0v) is 13.4. The molecule has 0 spiro atoms. The summed E-state index contributed by atoms with van der Waals surface area (Å²) in [5.74, 6) is 1.69. The molecule has 1 aliphatic heterocycles. The van der Waals surface area contributed by atoms with E-state index in [9.17, 15) is 0 Å². The standard InChI is InChI=1S/C16H19ClN2O.ClH/c17-14-3-5-15(6-4-14)19-8-7-13(12-19)10-18-11-16-2-1-9-20-16;/h1-6,9,13,18H,7-8,10-12H2;1H. The molecule has 0 radical (unpaired) electrons. The number of halogens is 2. The maximum Gasteiger partial charge on any atom is 0.117 e. The van der Waals surface area contributed by atoms with Crippen LogP contribution in [-0.4, -0.2) is 19.6 Å². The lowest BCUT2D eigenvalue weighted by Crippen LogP contribution is -2.26. The maximum atomic E-state index is 5.93. The Balaban J connectivity index is 0.00000161. The molecule has 1 saturated heterocycles. The number of rotatable bonds is 5. The van der Waals surface area contributed by atoms with Crippen LogP contribution in [-0.2, 0) is 6.54 Å². The maximum absolute atomic E-state index is 5.93. The molecule has 2 heterocycles. The van der Waals surface area contributed by atoms with Crippen LogP contribution in [0.4, 0.5) is 5.69 Å². The number of benzene rings is 1. The fourth-order valence-electron chi connectivity index (χ4n) is 2.70. The highest BCUT2D eigenvalue weighted by Crippen LogP contribution is 2.24. The van der Waals surface area contributed by atoms with Gasteiger partial charge in [-0.2, -0.15) is 0 Å². The van der Waals surface area contributed by atoms with Crippen molar-refractivity contribution in [2.24, 2.45) is 5.92 Å². The second kappa shape index (κ2) is 7.74. The monoisotopic (exact) mass is 326 g/mol. The van der Waals surface area contributed by atoms with Crippen LogP contribution in [0.1, 0.15) is 12.2 Å². The molecule has 1 aromatic carbocycles. The van der Waals surface area contributed by atoms with E-state index in [1.807, 2.05) is 24.3 Å². The summed E-state index contributed by atoms with van der Waals surface area (Å²) >= 11 is 5.93. The third-order valence-corrected chi connectivity index (χ3v) is 4.04. The smallest absolute Gasteiger partial charge is 0.117 e. The molecule has 3 rings (SSSR count). The first-order chi connectivity index (χ1) is 9.81. The highest BCUT2D eigenvalue weighted by molar-refractivity contribution is 6.30. The minimum Gasteiger partial charge on any atom is -0.468 e. The van der Waals surface area contributed by atoms with E-state index in [1.54, 1.807) is 6.26 Å². The van der Waals surface area contributed by atoms with Gasteiger partial charge in [0.05, 0.1) is 12.8 Å². The average Bonchev–Trinajstić information content (AvgIpc) is 3.11. The molecule has 3 nitrogen and oxygen atoms in total. The first-order valence-electron chi connectivity index (χ1n) is 7.05. The molecule has 0 saturated carbocycles. The quantitative estimate of drug-likeness (QED) is 0.901. The summed E-state index contributed by atoms with van der Waals surface area (Å²) in [5, 5.41) is 4.27. The van der Waals surface area contributed by atoms with Crippen molar-refractivity contribution in [3.8, 4) is 0 Å². The molecule has 1 aromatic heterocycles. The van der Waals surface area contributed by atoms with Crippen LogP contribution in [0.2, 0.25) is 5.02 Å². The van der Waals surface area contributed by atoms with Gasteiger partial charge in [0.1, 0.15) is 5.76 Å². The number of anilines is 1. The lowest BCUT2D eigenvalue weighted by atomic mass is 10.1. The molecule has 0 aliphatic carbocycles. The summed E-state index contributed by atoms with van der Waals surface area (Å²) in [4.78, 5) is 2.43. The molecular formula is C16H20Cl2N2O. The van der Waals surface area contributed by atoms with Crippen LogP contribution in [0.3, 0.4) is 0 Å². The average molecular weight is 327 g/mol. The van der Waals surface area contributed by atoms with Crippen molar-refractivity contribution < 1.29 is 4.42 Å². The highest BCUT2D eigenvalue weighted by atomic mass is 35.5. The molecule has 1 aliphatic rings. The summed E-state index contributed by atoms with van der Waals surface area (Å²) in [5.41, 5.74) is 1.27. The zero-order valence-electron chi connectivity index (χ0n) is 11.8. The van der Waals surface area contributed by atoms with Crippen LogP contribution in [0.25, 0.3) is 0 Å². The molecule has 1 unspecified atom stereocenters. The molecule has 5 heteroatoms. The molecule has 0 bridgehead atoms. The second-order valence-corrected chi connectivity index (χ2v) is 5.72. The largest absolute Gasteiger partial charge is 0.468 e. The Bertz CT molecular complexity index is 528. The van der Waals surface area contributed by atoms with Crippen LogP contribution >= 0.6 is 24.0 Å². The van der Waals surface area contributed by atoms with Crippen molar-refractivity contribution in [1.29, 1.82) is 0 Å². The topological polar surface area (TPSA) is 28.4 Å².